The summed E-state index contributed by atoms with van der Waals surface area (Å²) in [5.41, 5.74) is 1.28. The molecule has 1 aliphatic carbocycles. The zero-order valence-corrected chi connectivity index (χ0v) is 20.0. The molecule has 1 aromatic rings. The van der Waals surface area contributed by atoms with Gasteiger partial charge in [-0.1, -0.05) is 81.1 Å². The molecule has 0 spiro atoms. The minimum atomic E-state index is 0. The van der Waals surface area contributed by atoms with Crippen LogP contribution in [0.25, 0.3) is 5.32 Å². The topological polar surface area (TPSA) is 14.1 Å². The third-order valence-corrected chi connectivity index (χ3v) is 3.42. The van der Waals surface area contributed by atoms with Gasteiger partial charge in [-0.15, -0.1) is 5.54 Å². The first-order chi connectivity index (χ1) is 8.51. The first kappa shape index (κ1) is 34.0. The molecule has 0 heterocycles. The molecule has 135 valence electrons. The van der Waals surface area contributed by atoms with Crippen molar-refractivity contribution < 1.29 is 29.1 Å². The summed E-state index contributed by atoms with van der Waals surface area (Å²) in [6, 6.07) is 10.6. The second kappa shape index (κ2) is 17.9. The van der Waals surface area contributed by atoms with E-state index < -0.39 is 0 Å². The van der Waals surface area contributed by atoms with E-state index in [9.17, 15) is 0 Å². The van der Waals surface area contributed by atoms with Crippen molar-refractivity contribution in [1.82, 2.24) is 0 Å². The number of allylic oxidation sites excluding steroid dienone is 3. The molecule has 23 heavy (non-hydrogen) atoms. The fraction of sp³-hybridized carbons (Fsp3) is 0.300. The Morgan fingerprint density at radius 3 is 1.83 bits per heavy atom. The first-order valence-electron chi connectivity index (χ1n) is 6.44. The zero-order valence-electron chi connectivity index (χ0n) is 18.4. The van der Waals surface area contributed by atoms with E-state index in [1.807, 2.05) is 0 Å². The van der Waals surface area contributed by atoms with E-state index in [-0.39, 0.29) is 64.3 Å². The second-order valence-electron chi connectivity index (χ2n) is 5.27. The van der Waals surface area contributed by atoms with Crippen LogP contribution in [0.1, 0.15) is 30.0 Å². The van der Waals surface area contributed by atoms with Crippen molar-refractivity contribution in [2.45, 2.75) is 39.3 Å². The zero-order chi connectivity index (χ0) is 13.4. The van der Waals surface area contributed by atoms with Gasteiger partial charge in [0, 0.05) is 0 Å². The Morgan fingerprint density at radius 2 is 1.52 bits per heavy atom. The second-order valence-corrected chi connectivity index (χ2v) is 6.52. The van der Waals surface area contributed by atoms with E-state index in [0.29, 0.717) is 9.52 Å². The quantitative estimate of drug-likeness (QED) is 0.430. The van der Waals surface area contributed by atoms with Crippen LogP contribution >= 0.6 is 0 Å². The molecular weight excluding hydrogens is 374 g/mol. The van der Waals surface area contributed by atoms with Crippen LogP contribution in [0.4, 0.5) is 0 Å². The number of rotatable bonds is 2. The monoisotopic (exact) mass is 409 g/mol. The average Bonchev–Trinajstić information content (AvgIpc) is 2.81. The van der Waals surface area contributed by atoms with Crippen LogP contribution in [0.5, 0.6) is 0 Å². The van der Waals surface area contributed by atoms with E-state index in [4.69, 9.17) is 0 Å². The summed E-state index contributed by atoms with van der Waals surface area (Å²) in [5.74, 6) is 0. The summed E-state index contributed by atoms with van der Waals surface area (Å²) in [6.45, 7) is 8.60. The molecule has 0 aliphatic heterocycles. The molecule has 0 amide bonds. The van der Waals surface area contributed by atoms with Crippen molar-refractivity contribution in [2.24, 2.45) is 0 Å². The molecule has 0 N–H and O–H groups in total. The number of nitrogens with zero attached hydrogens (tertiary/aromatic N) is 1. The molecule has 1 aliphatic rings. The van der Waals surface area contributed by atoms with Crippen molar-refractivity contribution in [3.8, 4) is 0 Å². The fourth-order valence-electron chi connectivity index (χ4n) is 1.60. The standard InChI is InChI=1S/C9H14N.C7H9Si.4CH3.Zr.2H/c1-9(2,3)10-8-6-4-5-7-8;1-8-7-5-3-2-4-6-7;;;;;;;/h4-6H,7H2,1-3H3;2-6,8H,1H3;4*1H3;;;/q-1;;4*-1;+2;2*-1. The molecule has 0 fully saturated rings. The Bertz CT molecular complexity index is 415. The molecule has 2 rings (SSSR count). The Morgan fingerprint density at radius 1 is 1.00 bits per heavy atom. The van der Waals surface area contributed by atoms with E-state index >= 15 is 0 Å². The maximum absolute atomic E-state index is 4.51. The minimum absolute atomic E-state index is 0. The van der Waals surface area contributed by atoms with E-state index in [2.05, 4.69) is 81.2 Å². The van der Waals surface area contributed by atoms with Gasteiger partial charge in [-0.05, 0) is 6.42 Å². The third-order valence-electron chi connectivity index (χ3n) is 2.36. The van der Waals surface area contributed by atoms with E-state index in [0.717, 1.165) is 6.42 Å². The van der Waals surface area contributed by atoms with Crippen LogP contribution in [0.15, 0.2) is 54.3 Å². The molecule has 0 unspecified atom stereocenters. The van der Waals surface area contributed by atoms with Crippen LogP contribution in [0.2, 0.25) is 6.55 Å². The fourth-order valence-corrected chi connectivity index (χ4v) is 2.20. The van der Waals surface area contributed by atoms with Gasteiger partial charge in [0.2, 0.25) is 0 Å². The van der Waals surface area contributed by atoms with Gasteiger partial charge in [0.1, 0.15) is 0 Å². The summed E-state index contributed by atoms with van der Waals surface area (Å²) >= 11 is 0. The summed E-state index contributed by atoms with van der Waals surface area (Å²) in [5, 5.41) is 6.00. The Hall–Kier alpha value is -0.400. The number of benzene rings is 1. The van der Waals surface area contributed by atoms with Gasteiger partial charge >= 0.3 is 26.2 Å². The molecular formula is C20H37NSiZr-5. The summed E-state index contributed by atoms with van der Waals surface area (Å²) in [6.07, 6.45) is 7.28. The molecule has 0 saturated heterocycles. The Kier molecular flexibility index (Phi) is 26.6. The van der Waals surface area contributed by atoms with Gasteiger partial charge in [-0.3, -0.25) is 0 Å². The van der Waals surface area contributed by atoms with E-state index in [1.165, 1.54) is 10.9 Å². The minimum Gasteiger partial charge on any atom is -1.00 e. The van der Waals surface area contributed by atoms with Gasteiger partial charge < -0.3 is 37.9 Å². The van der Waals surface area contributed by atoms with Crippen LogP contribution in [-0.2, 0) is 26.2 Å². The predicted molar refractivity (Wildman–Crippen MR) is 112 cm³/mol. The van der Waals surface area contributed by atoms with Crippen molar-refractivity contribution in [3.05, 3.63) is 89.3 Å². The van der Waals surface area contributed by atoms with Crippen molar-refractivity contribution in [2.75, 3.05) is 0 Å². The molecule has 1 radical (unpaired) electrons. The average molecular weight is 411 g/mol. The van der Waals surface area contributed by atoms with Gasteiger partial charge in [0.25, 0.3) is 0 Å². The summed E-state index contributed by atoms with van der Waals surface area (Å²) < 4.78 is 0. The smallest absolute Gasteiger partial charge is 1.00 e. The number of hydrogen-bond acceptors (Lipinski definition) is 0. The Balaban J connectivity index is -0.0000000409. The first-order valence-corrected chi connectivity index (χ1v) is 8.17. The van der Waals surface area contributed by atoms with Gasteiger partial charge in [0.05, 0.1) is 9.52 Å². The van der Waals surface area contributed by atoms with Crippen molar-refractivity contribution in [1.29, 1.82) is 0 Å². The van der Waals surface area contributed by atoms with Crippen LogP contribution in [-0.4, -0.2) is 15.1 Å². The van der Waals surface area contributed by atoms with E-state index in [1.54, 1.807) is 0 Å². The van der Waals surface area contributed by atoms with Crippen molar-refractivity contribution >= 4 is 14.7 Å². The van der Waals surface area contributed by atoms with Crippen molar-refractivity contribution in [3.63, 3.8) is 0 Å². The molecule has 0 bridgehead atoms. The third kappa shape index (κ3) is 17.8. The molecule has 1 aromatic carbocycles. The molecule has 3 heteroatoms. The molecule has 1 nitrogen and oxygen atoms in total. The predicted octanol–water partition coefficient (Wildman–Crippen LogP) is 5.82. The maximum atomic E-state index is 4.51. The molecule has 0 aromatic heterocycles. The van der Waals surface area contributed by atoms with Gasteiger partial charge in [-0.25, -0.2) is 0 Å². The SMILES string of the molecule is CC(C)(C)[N-]C1=CC=CC1.C[SiH]c1ccccc1.[CH3-].[CH3-].[CH3-].[CH3-].[H-].[H-].[Zr+2]. The normalized spacial score (nSPS) is 10.7. The summed E-state index contributed by atoms with van der Waals surface area (Å²) in [4.78, 5) is 0. The Labute approximate surface area is 172 Å². The number of hydrogen-bond donors (Lipinski definition) is 0. The van der Waals surface area contributed by atoms with Crippen LogP contribution < -0.4 is 5.19 Å². The summed E-state index contributed by atoms with van der Waals surface area (Å²) in [7, 11) is 0.511. The molecule has 0 atom stereocenters. The van der Waals surface area contributed by atoms with Gasteiger partial charge in [0.15, 0.2) is 0 Å². The van der Waals surface area contributed by atoms with Crippen LogP contribution in [0.3, 0.4) is 0 Å². The molecule has 0 saturated carbocycles. The largest absolute Gasteiger partial charge is 2.00 e. The van der Waals surface area contributed by atoms with Gasteiger partial charge in [-0.2, -0.15) is 5.70 Å². The maximum Gasteiger partial charge on any atom is 2.00 e. The van der Waals surface area contributed by atoms with Crippen LogP contribution in [0, 0.1) is 29.7 Å².